The minimum atomic E-state index is -1.47. The summed E-state index contributed by atoms with van der Waals surface area (Å²) in [4.78, 5) is 70.7. The van der Waals surface area contributed by atoms with Crippen LogP contribution in [-0.4, -0.2) is 73.8 Å². The molecule has 4 atom stereocenters. The van der Waals surface area contributed by atoms with Gasteiger partial charge in [-0.05, 0) is 36.8 Å². The van der Waals surface area contributed by atoms with E-state index in [9.17, 15) is 34.2 Å². The van der Waals surface area contributed by atoms with Gasteiger partial charge in [-0.1, -0.05) is 24.3 Å². The second-order valence-electron chi connectivity index (χ2n) is 9.66. The van der Waals surface area contributed by atoms with E-state index in [0.717, 1.165) is 0 Å². The first kappa shape index (κ1) is 31.3. The Morgan fingerprint density at radius 3 is 2.17 bits per heavy atom. The highest BCUT2D eigenvalue weighted by molar-refractivity contribution is 6.04. The van der Waals surface area contributed by atoms with Crippen LogP contribution < -0.4 is 27.4 Å². The number of amides is 3. The minimum absolute atomic E-state index is 0.0174. The van der Waals surface area contributed by atoms with Crippen LogP contribution in [0.1, 0.15) is 35.0 Å². The summed E-state index contributed by atoms with van der Waals surface area (Å²) in [5, 5.41) is 26.2. The summed E-state index contributed by atoms with van der Waals surface area (Å²) in [5.41, 5.74) is 13.4. The van der Waals surface area contributed by atoms with Gasteiger partial charge >= 0.3 is 5.97 Å². The lowest BCUT2D eigenvalue weighted by atomic mass is 9.99. The maximum Gasteiger partial charge on any atom is 0.325 e. The molecule has 3 rings (SSSR count). The molecule has 14 nitrogen and oxygen atoms in total. The number of anilines is 1. The summed E-state index contributed by atoms with van der Waals surface area (Å²) in [7, 11) is 0. The third kappa shape index (κ3) is 8.89. The molecule has 0 fully saturated rings. The molecule has 0 spiro atoms. The van der Waals surface area contributed by atoms with Crippen molar-refractivity contribution in [3.05, 3.63) is 77.9 Å². The molecular weight excluding hydrogens is 546 g/mol. The van der Waals surface area contributed by atoms with E-state index in [1.165, 1.54) is 55.8 Å². The van der Waals surface area contributed by atoms with Gasteiger partial charge < -0.3 is 42.6 Å². The van der Waals surface area contributed by atoms with E-state index in [-0.39, 0.29) is 29.8 Å². The molecule has 3 aromatic rings. The number of H-pyrrole nitrogens is 1. The summed E-state index contributed by atoms with van der Waals surface area (Å²) in [5.74, 6) is -4.29. The molecule has 0 radical (unpaired) electrons. The number of nitrogens with two attached hydrogens (primary N) is 2. The van der Waals surface area contributed by atoms with Crippen molar-refractivity contribution in [3.63, 3.8) is 0 Å². The molecule has 222 valence electrons. The number of carbonyl (C=O) groups excluding carboxylic acids is 4. The molecule has 1 aromatic heterocycles. The Labute approximate surface area is 240 Å². The highest BCUT2D eigenvalue weighted by Gasteiger charge is 2.31. The van der Waals surface area contributed by atoms with Gasteiger partial charge in [-0.15, -0.1) is 0 Å². The predicted octanol–water partition coefficient (Wildman–Crippen LogP) is -0.358. The lowest BCUT2D eigenvalue weighted by Gasteiger charge is -2.25. The fourth-order valence-electron chi connectivity index (χ4n) is 3.99. The molecule has 2 aromatic carbocycles. The van der Waals surface area contributed by atoms with Crippen molar-refractivity contribution in [1.29, 1.82) is 0 Å². The summed E-state index contributed by atoms with van der Waals surface area (Å²) >= 11 is 0. The lowest BCUT2D eigenvalue weighted by Crippen LogP contribution is -2.58. The fraction of sp³-hybridized carbons (Fsp3) is 0.286. The number of Topliss-reactive ketones (excluding diaryl/α,β-unsaturated/α-hetero) is 1. The number of imidazole rings is 1. The molecule has 3 amide bonds. The van der Waals surface area contributed by atoms with E-state index >= 15 is 0 Å². The summed E-state index contributed by atoms with van der Waals surface area (Å²) < 4.78 is 0. The topological polar surface area (TPSA) is 243 Å². The molecule has 14 heteroatoms. The average molecular weight is 580 g/mol. The molecule has 0 saturated heterocycles. The number of aromatic amines is 1. The normalized spacial score (nSPS) is 13.7. The number of carboxylic acid groups (broad SMARTS) is 1. The first-order chi connectivity index (χ1) is 19.9. The van der Waals surface area contributed by atoms with Crippen molar-refractivity contribution in [2.24, 2.45) is 5.73 Å². The van der Waals surface area contributed by atoms with Gasteiger partial charge in [0.2, 0.25) is 17.7 Å². The number of nitrogen functional groups attached to an aromatic ring is 1. The van der Waals surface area contributed by atoms with E-state index < -0.39 is 60.1 Å². The van der Waals surface area contributed by atoms with Crippen molar-refractivity contribution in [3.8, 4) is 5.75 Å². The van der Waals surface area contributed by atoms with Crippen LogP contribution in [0.3, 0.4) is 0 Å². The number of aliphatic carboxylic acids is 1. The summed E-state index contributed by atoms with van der Waals surface area (Å²) in [6, 6.07) is 6.91. The number of nitrogens with one attached hydrogen (secondary N) is 4. The largest absolute Gasteiger partial charge is 0.508 e. The fourth-order valence-corrected chi connectivity index (χ4v) is 3.99. The number of hydrogen-bond acceptors (Lipinski definition) is 9. The zero-order valence-electron chi connectivity index (χ0n) is 22.7. The maximum absolute atomic E-state index is 13.5. The number of phenols is 1. The minimum Gasteiger partial charge on any atom is -0.508 e. The van der Waals surface area contributed by atoms with Gasteiger partial charge in [-0.2, -0.15) is 0 Å². The van der Waals surface area contributed by atoms with Crippen LogP contribution in [0.2, 0.25) is 0 Å². The predicted molar refractivity (Wildman–Crippen MR) is 151 cm³/mol. The van der Waals surface area contributed by atoms with Crippen LogP contribution in [0, 0.1) is 0 Å². The van der Waals surface area contributed by atoms with E-state index in [0.29, 0.717) is 11.3 Å². The van der Waals surface area contributed by atoms with Crippen molar-refractivity contribution in [2.45, 2.75) is 50.4 Å². The number of rotatable bonds is 14. The number of aromatic nitrogens is 2. The molecule has 0 aliphatic carbocycles. The quantitative estimate of drug-likeness (QED) is 0.0910. The molecule has 1 heterocycles. The van der Waals surface area contributed by atoms with Gasteiger partial charge in [-0.3, -0.25) is 24.0 Å². The smallest absolute Gasteiger partial charge is 0.325 e. The zero-order chi connectivity index (χ0) is 30.8. The first-order valence-corrected chi connectivity index (χ1v) is 13.0. The highest BCUT2D eigenvalue weighted by Crippen LogP contribution is 2.15. The van der Waals surface area contributed by atoms with Crippen LogP contribution >= 0.6 is 0 Å². The molecule has 0 saturated carbocycles. The number of ketones is 1. The van der Waals surface area contributed by atoms with E-state index in [2.05, 4.69) is 25.9 Å². The van der Waals surface area contributed by atoms with Crippen LogP contribution in [0.25, 0.3) is 0 Å². The van der Waals surface area contributed by atoms with Gasteiger partial charge in [0.15, 0.2) is 5.78 Å². The molecule has 10 N–H and O–H groups in total. The Balaban J connectivity index is 1.85. The number of para-hydroxylation sites is 1. The molecule has 42 heavy (non-hydrogen) atoms. The Bertz CT molecular complexity index is 1410. The van der Waals surface area contributed by atoms with E-state index in [1.54, 1.807) is 12.1 Å². The Hall–Kier alpha value is -5.24. The number of carbonyl (C=O) groups is 5. The third-order valence-electron chi connectivity index (χ3n) is 6.35. The van der Waals surface area contributed by atoms with Crippen LogP contribution in [-0.2, 0) is 32.0 Å². The molecule has 0 unspecified atom stereocenters. The SMILES string of the molecule is C[C@H](NC(=O)[C@H](Cc1ccc(O)cc1)NC(=O)[C@H](CC(=O)c1ccccc1N)NC(=O)[C@@H](N)Cc1cnc[nH]1)C(=O)O. The third-order valence-corrected chi connectivity index (χ3v) is 6.35. The lowest BCUT2D eigenvalue weighted by molar-refractivity contribution is -0.141. The zero-order valence-corrected chi connectivity index (χ0v) is 22.7. The van der Waals surface area contributed by atoms with E-state index in [1.807, 2.05) is 0 Å². The van der Waals surface area contributed by atoms with Crippen molar-refractivity contribution in [2.75, 3.05) is 5.73 Å². The summed E-state index contributed by atoms with van der Waals surface area (Å²) in [6.07, 6.45) is 2.37. The Kier molecular flexibility index (Phi) is 10.7. The Morgan fingerprint density at radius 1 is 0.905 bits per heavy atom. The molecule has 0 aliphatic rings. The number of carboxylic acids is 1. The number of hydrogen-bond donors (Lipinski definition) is 8. The van der Waals surface area contributed by atoms with Gasteiger partial charge in [-0.25, -0.2) is 4.98 Å². The standard InChI is InChI=1S/C28H33N7O7/c1-15(28(41)42)33-26(39)22(10-16-6-8-18(36)9-7-16)35-27(40)23(12-24(37)19-4-2-3-5-20(19)29)34-25(38)21(30)11-17-13-31-14-32-17/h2-9,13-15,21-23,36H,10-12,29-30H2,1H3,(H,31,32)(H,33,39)(H,34,38)(H,35,40)(H,41,42)/t15-,21-,22-,23-/m0/s1. The first-order valence-electron chi connectivity index (χ1n) is 13.0. The van der Waals surface area contributed by atoms with Crippen LogP contribution in [0.4, 0.5) is 5.69 Å². The van der Waals surface area contributed by atoms with Gasteiger partial charge in [0.1, 0.15) is 23.9 Å². The maximum atomic E-state index is 13.5. The molecule has 0 aliphatic heterocycles. The van der Waals surface area contributed by atoms with Crippen LogP contribution in [0.15, 0.2) is 61.1 Å². The second-order valence-corrected chi connectivity index (χ2v) is 9.66. The number of phenolic OH excluding ortho intramolecular Hbond substituents is 1. The van der Waals surface area contributed by atoms with Gasteiger partial charge in [0.05, 0.1) is 12.4 Å². The van der Waals surface area contributed by atoms with Crippen molar-refractivity contribution >= 4 is 35.2 Å². The van der Waals surface area contributed by atoms with Gasteiger partial charge in [0, 0.05) is 42.4 Å². The number of aromatic hydroxyl groups is 1. The van der Waals surface area contributed by atoms with Gasteiger partial charge in [0.25, 0.3) is 0 Å². The monoisotopic (exact) mass is 579 g/mol. The van der Waals surface area contributed by atoms with Crippen molar-refractivity contribution in [1.82, 2.24) is 25.9 Å². The average Bonchev–Trinajstić information content (AvgIpc) is 3.46. The van der Waals surface area contributed by atoms with E-state index in [4.69, 9.17) is 11.5 Å². The molecular formula is C28H33N7O7. The number of nitrogens with zero attached hydrogens (tertiary/aromatic N) is 1. The van der Waals surface area contributed by atoms with Crippen molar-refractivity contribution < 1.29 is 34.2 Å². The highest BCUT2D eigenvalue weighted by atomic mass is 16.4. The van der Waals surface area contributed by atoms with Crippen LogP contribution in [0.5, 0.6) is 5.75 Å². The Morgan fingerprint density at radius 2 is 1.55 bits per heavy atom. The molecule has 0 bridgehead atoms. The number of benzene rings is 2. The summed E-state index contributed by atoms with van der Waals surface area (Å²) in [6.45, 7) is 1.26. The second kappa shape index (κ2) is 14.4.